The number of carboxylic acids is 1. The number of benzene rings is 2. The molecule has 0 aliphatic heterocycles. The predicted molar refractivity (Wildman–Crippen MR) is 102 cm³/mol. The van der Waals surface area contributed by atoms with Crippen LogP contribution in [0.5, 0.6) is 0 Å². The van der Waals surface area contributed by atoms with Crippen molar-refractivity contribution in [1.29, 1.82) is 0 Å². The molecule has 0 aliphatic rings. The topological polar surface area (TPSA) is 73.2 Å². The number of aliphatic hydroxyl groups is 1. The Morgan fingerprint density at radius 3 is 2.00 bits per heavy atom. The van der Waals surface area contributed by atoms with Crippen molar-refractivity contribution in [2.75, 3.05) is 0 Å². The van der Waals surface area contributed by atoms with Crippen LogP contribution < -0.4 is 5.11 Å². The van der Waals surface area contributed by atoms with Gasteiger partial charge in [-0.1, -0.05) is 73.7 Å². The summed E-state index contributed by atoms with van der Waals surface area (Å²) in [5.74, 6) is -1.89. The minimum atomic E-state index is -1.27. The number of pyridine rings is 1. The molecule has 27 heavy (non-hydrogen) atoms. The molecular weight excluding hydrogens is 338 g/mol. The van der Waals surface area contributed by atoms with Gasteiger partial charge >= 0.3 is 0 Å². The predicted octanol–water partition coefficient (Wildman–Crippen LogP) is 2.80. The molecule has 0 amide bonds. The Labute approximate surface area is 159 Å². The van der Waals surface area contributed by atoms with Crippen LogP contribution in [0.2, 0.25) is 0 Å². The van der Waals surface area contributed by atoms with Crippen molar-refractivity contribution in [3.63, 3.8) is 0 Å². The first kappa shape index (κ1) is 18.8. The molecule has 0 saturated heterocycles. The van der Waals surface area contributed by atoms with Crippen molar-refractivity contribution in [3.8, 4) is 0 Å². The normalized spacial score (nSPS) is 12.5. The van der Waals surface area contributed by atoms with Gasteiger partial charge < -0.3 is 15.0 Å². The van der Waals surface area contributed by atoms with E-state index < -0.39 is 17.5 Å². The number of nitrogens with zero attached hydrogens (tertiary/aromatic N) is 1. The van der Waals surface area contributed by atoms with Gasteiger partial charge in [0.15, 0.2) is 0 Å². The quantitative estimate of drug-likeness (QED) is 0.703. The fraction of sp³-hybridized carbons (Fsp3) is 0.217. The van der Waals surface area contributed by atoms with Crippen LogP contribution in [0.15, 0.2) is 78.9 Å². The lowest BCUT2D eigenvalue weighted by molar-refractivity contribution is -0.308. The molecule has 1 unspecified atom stereocenters. The highest BCUT2D eigenvalue weighted by molar-refractivity contribution is 5.73. The molecular formula is C23H22NO3-. The number of carbonyl (C=O) groups excluding carboxylic acids is 1. The van der Waals surface area contributed by atoms with Crippen LogP contribution in [0.3, 0.4) is 0 Å². The van der Waals surface area contributed by atoms with E-state index >= 15 is 0 Å². The number of aromatic nitrogens is 1. The third kappa shape index (κ3) is 4.07. The largest absolute Gasteiger partial charge is 0.549 e. The maximum Gasteiger partial charge on any atom is 0.120 e. The number of rotatable bonds is 7. The lowest BCUT2D eigenvalue weighted by Crippen LogP contribution is -2.32. The highest BCUT2D eigenvalue weighted by Gasteiger charge is 2.32. The first-order valence-electron chi connectivity index (χ1n) is 9.04. The van der Waals surface area contributed by atoms with E-state index in [1.165, 1.54) is 0 Å². The van der Waals surface area contributed by atoms with Crippen LogP contribution in [0.4, 0.5) is 0 Å². The second-order valence-corrected chi connectivity index (χ2v) is 6.60. The number of aliphatic carboxylic acids is 1. The fourth-order valence-corrected chi connectivity index (χ4v) is 3.35. The minimum Gasteiger partial charge on any atom is -0.549 e. The Balaban J connectivity index is 2.02. The molecule has 4 heteroatoms. The average Bonchev–Trinajstić information content (AvgIpc) is 2.70. The Bertz CT molecular complexity index is 854. The molecule has 1 atom stereocenters. The highest BCUT2D eigenvalue weighted by Crippen LogP contribution is 2.33. The molecule has 4 nitrogen and oxygen atoms in total. The molecule has 0 saturated carbocycles. The molecule has 3 rings (SSSR count). The highest BCUT2D eigenvalue weighted by atomic mass is 16.4. The van der Waals surface area contributed by atoms with Gasteiger partial charge in [-0.25, -0.2) is 0 Å². The Morgan fingerprint density at radius 2 is 1.52 bits per heavy atom. The molecule has 2 aromatic carbocycles. The Morgan fingerprint density at radius 1 is 0.963 bits per heavy atom. The number of hydrogen-bond acceptors (Lipinski definition) is 4. The van der Waals surface area contributed by atoms with E-state index in [2.05, 4.69) is 4.98 Å². The summed E-state index contributed by atoms with van der Waals surface area (Å²) in [4.78, 5) is 15.9. The van der Waals surface area contributed by atoms with Gasteiger partial charge in [-0.2, -0.15) is 0 Å². The van der Waals surface area contributed by atoms with Crippen LogP contribution >= 0.6 is 0 Å². The second-order valence-electron chi connectivity index (χ2n) is 6.60. The smallest absolute Gasteiger partial charge is 0.120 e. The lowest BCUT2D eigenvalue weighted by Gasteiger charge is -2.29. The van der Waals surface area contributed by atoms with E-state index in [0.717, 1.165) is 11.1 Å². The molecule has 0 spiro atoms. The van der Waals surface area contributed by atoms with Gasteiger partial charge in [-0.3, -0.25) is 4.98 Å². The zero-order chi connectivity index (χ0) is 19.3. The van der Waals surface area contributed by atoms with Gasteiger partial charge in [0.2, 0.25) is 0 Å². The molecule has 0 aliphatic carbocycles. The SMILES string of the molecule is CCC(C(=O)[O-])c1cccc(CC(O)(c2ccccc2)c2ccccc2)n1. The molecule has 0 fully saturated rings. The van der Waals surface area contributed by atoms with Gasteiger partial charge in [-0.15, -0.1) is 0 Å². The minimum absolute atomic E-state index is 0.234. The van der Waals surface area contributed by atoms with Gasteiger partial charge in [0.05, 0.1) is 5.97 Å². The van der Waals surface area contributed by atoms with Crippen molar-refractivity contribution < 1.29 is 15.0 Å². The first-order chi connectivity index (χ1) is 13.0. The Hall–Kier alpha value is -2.98. The van der Waals surface area contributed by atoms with E-state index in [0.29, 0.717) is 17.8 Å². The van der Waals surface area contributed by atoms with Crippen LogP contribution in [0, 0.1) is 0 Å². The van der Waals surface area contributed by atoms with Gasteiger partial charge in [0.25, 0.3) is 0 Å². The summed E-state index contributed by atoms with van der Waals surface area (Å²) in [5, 5.41) is 23.0. The average molecular weight is 360 g/mol. The molecule has 0 radical (unpaired) electrons. The summed E-state index contributed by atoms with van der Waals surface area (Å²) in [6.07, 6.45) is 0.638. The van der Waals surface area contributed by atoms with E-state index in [4.69, 9.17) is 0 Å². The van der Waals surface area contributed by atoms with Gasteiger partial charge in [0.1, 0.15) is 5.60 Å². The third-order valence-corrected chi connectivity index (χ3v) is 4.82. The van der Waals surface area contributed by atoms with E-state index in [1.54, 1.807) is 19.1 Å². The van der Waals surface area contributed by atoms with Crippen LogP contribution in [-0.2, 0) is 16.8 Å². The maximum absolute atomic E-state index is 11.6. The van der Waals surface area contributed by atoms with Gasteiger partial charge in [0, 0.05) is 23.7 Å². The van der Waals surface area contributed by atoms with E-state index in [9.17, 15) is 15.0 Å². The zero-order valence-electron chi connectivity index (χ0n) is 15.2. The molecule has 1 aromatic heterocycles. The molecule has 138 valence electrons. The van der Waals surface area contributed by atoms with Crippen molar-refractivity contribution in [2.24, 2.45) is 0 Å². The molecule has 3 aromatic rings. The van der Waals surface area contributed by atoms with Crippen molar-refractivity contribution in [1.82, 2.24) is 4.98 Å². The van der Waals surface area contributed by atoms with Crippen molar-refractivity contribution >= 4 is 5.97 Å². The van der Waals surface area contributed by atoms with E-state index in [-0.39, 0.29) is 6.42 Å². The summed E-state index contributed by atoms with van der Waals surface area (Å²) in [6.45, 7) is 1.79. The molecule has 0 bridgehead atoms. The summed E-state index contributed by atoms with van der Waals surface area (Å²) in [7, 11) is 0. The van der Waals surface area contributed by atoms with Gasteiger partial charge in [-0.05, 0) is 29.7 Å². The van der Waals surface area contributed by atoms with Crippen molar-refractivity contribution in [2.45, 2.75) is 31.3 Å². The molecule has 1 N–H and O–H groups in total. The van der Waals surface area contributed by atoms with Crippen LogP contribution in [0.25, 0.3) is 0 Å². The number of hydrogen-bond donors (Lipinski definition) is 1. The third-order valence-electron chi connectivity index (χ3n) is 4.82. The number of carbonyl (C=O) groups is 1. The summed E-state index contributed by atoms with van der Waals surface area (Å²) < 4.78 is 0. The lowest BCUT2D eigenvalue weighted by atomic mass is 9.82. The monoisotopic (exact) mass is 360 g/mol. The van der Waals surface area contributed by atoms with Crippen molar-refractivity contribution in [3.05, 3.63) is 101 Å². The van der Waals surface area contributed by atoms with E-state index in [1.807, 2.05) is 66.7 Å². The maximum atomic E-state index is 11.6. The Kier molecular flexibility index (Phi) is 5.67. The van der Waals surface area contributed by atoms with Crippen LogP contribution in [-0.4, -0.2) is 16.1 Å². The fourth-order valence-electron chi connectivity index (χ4n) is 3.35. The summed E-state index contributed by atoms with van der Waals surface area (Å²) >= 11 is 0. The summed E-state index contributed by atoms with van der Waals surface area (Å²) in [6, 6.07) is 24.2. The standard InChI is InChI=1S/C23H23NO3/c1-2-20(22(25)26)21-15-9-14-19(24-21)16-23(27,17-10-5-3-6-11-17)18-12-7-4-8-13-18/h3-15,20,27H,2,16H2,1H3,(H,25,26)/p-1. The summed E-state index contributed by atoms with van der Waals surface area (Å²) in [5.41, 5.74) is 1.34. The zero-order valence-corrected chi connectivity index (χ0v) is 15.2. The molecule has 1 heterocycles. The first-order valence-corrected chi connectivity index (χ1v) is 9.04. The van der Waals surface area contributed by atoms with Crippen LogP contribution in [0.1, 0.15) is 41.8 Å². The number of carboxylic acid groups (broad SMARTS) is 1. The second kappa shape index (κ2) is 8.14.